The van der Waals surface area contributed by atoms with Crippen molar-refractivity contribution in [2.45, 2.75) is 18.5 Å². The van der Waals surface area contributed by atoms with Crippen LogP contribution in [0, 0.1) is 11.3 Å². The van der Waals surface area contributed by atoms with E-state index in [0.717, 1.165) is 11.1 Å². The molecule has 0 radical (unpaired) electrons. The van der Waals surface area contributed by atoms with Gasteiger partial charge in [0, 0.05) is 11.8 Å². The normalized spacial score (nSPS) is 13.8. The zero-order valence-corrected chi connectivity index (χ0v) is 19.6. The zero-order valence-electron chi connectivity index (χ0n) is 19.6. The number of nitriles is 1. The number of anilines is 1. The summed E-state index contributed by atoms with van der Waals surface area (Å²) in [5.41, 5.74) is 2.47. The summed E-state index contributed by atoms with van der Waals surface area (Å²) in [4.78, 5) is 30.3. The summed E-state index contributed by atoms with van der Waals surface area (Å²) in [6.45, 7) is 0.109. The van der Waals surface area contributed by atoms with Crippen molar-refractivity contribution in [2.24, 2.45) is 0 Å². The molecule has 4 N–H and O–H groups in total. The van der Waals surface area contributed by atoms with Gasteiger partial charge in [0.05, 0.1) is 17.4 Å². The van der Waals surface area contributed by atoms with Crippen LogP contribution in [0.5, 0.6) is 11.5 Å². The largest absolute Gasteiger partial charge is 0.490 e. The van der Waals surface area contributed by atoms with E-state index in [0.29, 0.717) is 22.7 Å². The van der Waals surface area contributed by atoms with Crippen LogP contribution in [-0.2, 0) is 14.4 Å². The average molecular weight is 574 g/mol. The number of fused-ring (bicyclic) bond motifs is 1. The number of rotatable bonds is 3. The van der Waals surface area contributed by atoms with Gasteiger partial charge in [0.15, 0.2) is 11.5 Å². The predicted octanol–water partition coefficient (Wildman–Crippen LogP) is 3.99. The molecule has 1 unspecified atom stereocenters. The summed E-state index contributed by atoms with van der Waals surface area (Å²) in [6, 6.07) is 14.5. The molecule has 0 saturated heterocycles. The van der Waals surface area contributed by atoms with E-state index < -0.39 is 30.4 Å². The van der Waals surface area contributed by atoms with Crippen molar-refractivity contribution in [2.75, 3.05) is 11.9 Å². The molecule has 1 aliphatic heterocycles. The van der Waals surface area contributed by atoms with Gasteiger partial charge in [-0.05, 0) is 29.8 Å². The monoisotopic (exact) mass is 574 g/mol. The van der Waals surface area contributed by atoms with Gasteiger partial charge in [-0.3, -0.25) is 9.89 Å². The standard InChI is InChI=1S/C19H14N4O3.2C2HF3O2/c20-8-13-7-12(14-9-21-22-10-14)5-6-15(13)23-19(24)18-11-25-16-3-1-2-4-17(16)26-18;2*3-2(4,5)1(6)7/h1-7,9-10,18H,11H2,(H,21,22)(H,23,24);2*(H,6,7). The van der Waals surface area contributed by atoms with Gasteiger partial charge in [0.2, 0.25) is 6.10 Å². The van der Waals surface area contributed by atoms with Gasteiger partial charge in [-0.15, -0.1) is 0 Å². The Morgan fingerprint density at radius 1 is 0.975 bits per heavy atom. The first-order valence-electron chi connectivity index (χ1n) is 10.5. The molecule has 2 aromatic carbocycles. The highest BCUT2D eigenvalue weighted by Gasteiger charge is 2.38. The van der Waals surface area contributed by atoms with Crippen LogP contribution < -0.4 is 14.8 Å². The quantitative estimate of drug-likeness (QED) is 0.337. The summed E-state index contributed by atoms with van der Waals surface area (Å²) < 4.78 is 74.7. The fourth-order valence-electron chi connectivity index (χ4n) is 2.70. The first-order valence-corrected chi connectivity index (χ1v) is 10.5. The lowest BCUT2D eigenvalue weighted by molar-refractivity contribution is -0.193. The summed E-state index contributed by atoms with van der Waals surface area (Å²) in [7, 11) is 0. The molecule has 17 heteroatoms. The molecule has 1 aliphatic rings. The third kappa shape index (κ3) is 8.93. The first-order chi connectivity index (χ1) is 18.6. The number of carboxylic acids is 2. The summed E-state index contributed by atoms with van der Waals surface area (Å²) in [5.74, 6) is -4.75. The number of carbonyl (C=O) groups excluding carboxylic acids is 1. The van der Waals surface area contributed by atoms with Crippen molar-refractivity contribution >= 4 is 23.5 Å². The minimum atomic E-state index is -5.08. The Hall–Kier alpha value is -5.27. The molecule has 11 nitrogen and oxygen atoms in total. The Balaban J connectivity index is 0.000000333. The SMILES string of the molecule is N#Cc1cc(-c2cn[nH]c2)ccc1NC(=O)C1COc2ccccc2O1.O=C(O)C(F)(F)F.O=C(O)C(F)(F)F. The Kier molecular flexibility index (Phi) is 10.1. The molecule has 212 valence electrons. The second kappa shape index (κ2) is 13.0. The van der Waals surface area contributed by atoms with E-state index in [9.17, 15) is 36.4 Å². The van der Waals surface area contributed by atoms with Crippen molar-refractivity contribution in [3.63, 3.8) is 0 Å². The molecule has 0 saturated carbocycles. The van der Waals surface area contributed by atoms with Crippen LogP contribution >= 0.6 is 0 Å². The second-order valence-corrected chi connectivity index (χ2v) is 7.32. The highest BCUT2D eigenvalue weighted by atomic mass is 19.4. The lowest BCUT2D eigenvalue weighted by Gasteiger charge is -2.25. The summed E-state index contributed by atoms with van der Waals surface area (Å²) in [5, 5.41) is 33.0. The van der Waals surface area contributed by atoms with E-state index in [1.54, 1.807) is 36.7 Å². The number of benzene rings is 2. The van der Waals surface area contributed by atoms with Crippen LogP contribution in [0.1, 0.15) is 5.56 Å². The van der Waals surface area contributed by atoms with E-state index in [1.807, 2.05) is 18.2 Å². The van der Waals surface area contributed by atoms with Gasteiger partial charge in [-0.25, -0.2) is 9.59 Å². The lowest BCUT2D eigenvalue weighted by atomic mass is 10.0. The van der Waals surface area contributed by atoms with Crippen LogP contribution in [0.2, 0.25) is 0 Å². The number of amides is 1. The van der Waals surface area contributed by atoms with Crippen molar-refractivity contribution in [1.82, 2.24) is 10.2 Å². The van der Waals surface area contributed by atoms with Gasteiger partial charge in [0.25, 0.3) is 5.91 Å². The number of ether oxygens (including phenoxy) is 2. The van der Waals surface area contributed by atoms with Gasteiger partial charge in [-0.1, -0.05) is 18.2 Å². The van der Waals surface area contributed by atoms with Crippen LogP contribution in [0.15, 0.2) is 54.9 Å². The average Bonchev–Trinajstić information content (AvgIpc) is 3.43. The van der Waals surface area contributed by atoms with E-state index in [2.05, 4.69) is 21.6 Å². The molecular weight excluding hydrogens is 558 g/mol. The third-order valence-corrected chi connectivity index (χ3v) is 4.52. The Morgan fingerprint density at radius 2 is 1.55 bits per heavy atom. The Labute approximate surface area is 219 Å². The number of nitrogens with one attached hydrogen (secondary N) is 2. The van der Waals surface area contributed by atoms with E-state index in [-0.39, 0.29) is 12.5 Å². The molecule has 0 fully saturated rings. The molecule has 40 heavy (non-hydrogen) atoms. The fraction of sp³-hybridized carbons (Fsp3) is 0.174. The number of alkyl halides is 6. The number of carboxylic acid groups (broad SMARTS) is 2. The number of nitrogens with zero attached hydrogens (tertiary/aromatic N) is 2. The van der Waals surface area contributed by atoms with Crippen LogP contribution in [0.4, 0.5) is 32.0 Å². The maximum absolute atomic E-state index is 12.5. The van der Waals surface area contributed by atoms with Crippen molar-refractivity contribution < 1.29 is 60.4 Å². The number of halogens is 6. The molecular formula is C23H16F6N4O7. The summed E-state index contributed by atoms with van der Waals surface area (Å²) >= 11 is 0. The van der Waals surface area contributed by atoms with E-state index >= 15 is 0 Å². The molecule has 1 amide bonds. The van der Waals surface area contributed by atoms with Crippen LogP contribution in [-0.4, -0.2) is 63.3 Å². The number of H-pyrrole nitrogens is 1. The number of aromatic amines is 1. The van der Waals surface area contributed by atoms with Crippen LogP contribution in [0.25, 0.3) is 11.1 Å². The third-order valence-electron chi connectivity index (χ3n) is 4.52. The molecule has 1 atom stereocenters. The number of hydrogen-bond acceptors (Lipinski definition) is 7. The molecule has 1 aromatic heterocycles. The number of aromatic nitrogens is 2. The molecule has 0 aliphatic carbocycles. The van der Waals surface area contributed by atoms with Crippen molar-refractivity contribution in [1.29, 1.82) is 5.26 Å². The fourth-order valence-corrected chi connectivity index (χ4v) is 2.70. The lowest BCUT2D eigenvalue weighted by Crippen LogP contribution is -2.40. The van der Waals surface area contributed by atoms with Crippen molar-refractivity contribution in [3.05, 3.63) is 60.4 Å². The maximum Gasteiger partial charge on any atom is 0.490 e. The zero-order chi connectivity index (χ0) is 30.1. The molecule has 0 bridgehead atoms. The number of para-hydroxylation sites is 2. The van der Waals surface area contributed by atoms with Gasteiger partial charge >= 0.3 is 24.3 Å². The summed E-state index contributed by atoms with van der Waals surface area (Å²) in [6.07, 6.45) is -7.55. The highest BCUT2D eigenvalue weighted by Crippen LogP contribution is 2.31. The molecule has 4 rings (SSSR count). The Morgan fingerprint density at radius 3 is 2.05 bits per heavy atom. The number of carbonyl (C=O) groups is 3. The molecule has 3 aromatic rings. The molecule has 2 heterocycles. The first kappa shape index (κ1) is 31.0. The Bertz CT molecular complexity index is 1360. The van der Waals surface area contributed by atoms with Crippen LogP contribution in [0.3, 0.4) is 0 Å². The molecule has 0 spiro atoms. The number of hydrogen-bond donors (Lipinski definition) is 4. The topological polar surface area (TPSA) is 175 Å². The minimum Gasteiger partial charge on any atom is -0.485 e. The minimum absolute atomic E-state index is 0.109. The number of aliphatic carboxylic acids is 2. The van der Waals surface area contributed by atoms with E-state index in [4.69, 9.17) is 29.3 Å². The van der Waals surface area contributed by atoms with Gasteiger partial charge in [-0.2, -0.15) is 36.7 Å². The second-order valence-electron chi connectivity index (χ2n) is 7.32. The smallest absolute Gasteiger partial charge is 0.485 e. The predicted molar refractivity (Wildman–Crippen MR) is 121 cm³/mol. The highest BCUT2D eigenvalue weighted by molar-refractivity contribution is 5.96. The van der Waals surface area contributed by atoms with E-state index in [1.165, 1.54) is 0 Å². The van der Waals surface area contributed by atoms with Crippen molar-refractivity contribution in [3.8, 4) is 28.7 Å². The van der Waals surface area contributed by atoms with Gasteiger partial charge in [0.1, 0.15) is 12.7 Å². The maximum atomic E-state index is 12.5. The van der Waals surface area contributed by atoms with Gasteiger partial charge < -0.3 is 25.0 Å².